The van der Waals surface area contributed by atoms with E-state index in [1.807, 2.05) is 53.0 Å². The fourth-order valence-corrected chi connectivity index (χ4v) is 6.24. The molecule has 7 nitrogen and oxygen atoms in total. The maximum absolute atomic E-state index is 13.6. The van der Waals surface area contributed by atoms with Crippen molar-refractivity contribution in [1.29, 1.82) is 0 Å². The summed E-state index contributed by atoms with van der Waals surface area (Å²) in [4.78, 5) is 12.4. The molecule has 0 saturated carbocycles. The first-order valence-corrected chi connectivity index (χ1v) is 10.4. The van der Waals surface area contributed by atoms with Crippen LogP contribution in [0.1, 0.15) is 48.5 Å². The monoisotopic (exact) mass is 367 g/mol. The third-order valence-corrected chi connectivity index (χ3v) is 9.44. The van der Waals surface area contributed by atoms with Crippen LogP contribution in [0.15, 0.2) is 12.7 Å². The Bertz CT molecular complexity index is 770. The highest BCUT2D eigenvalue weighted by molar-refractivity contribution is 7.66. The lowest BCUT2D eigenvalue weighted by atomic mass is 10.2. The molecule has 0 aromatic carbocycles. The van der Waals surface area contributed by atoms with Crippen LogP contribution < -0.4 is 5.73 Å². The molecule has 2 aromatic heterocycles. The largest absolute Gasteiger partial charge is 0.382 e. The fourth-order valence-electron chi connectivity index (χ4n) is 2.99. The van der Waals surface area contributed by atoms with Crippen LogP contribution in [0.25, 0.3) is 11.2 Å². The summed E-state index contributed by atoms with van der Waals surface area (Å²) in [5, 5.41) is -0.622. The molecule has 2 aromatic rings. The van der Waals surface area contributed by atoms with Gasteiger partial charge in [-0.3, -0.25) is 0 Å². The number of rotatable bonds is 5. The molecule has 0 aliphatic rings. The second kappa shape index (κ2) is 6.69. The molecular weight excluding hydrogens is 337 g/mol. The predicted octanol–water partition coefficient (Wildman–Crippen LogP) is 3.73. The maximum Gasteiger partial charge on any atom is 0.165 e. The fraction of sp³-hybridized carbons (Fsp3) is 0.706. The summed E-state index contributed by atoms with van der Waals surface area (Å²) in [5.41, 5.74) is 7.08. The first-order valence-electron chi connectivity index (χ1n) is 8.49. The van der Waals surface area contributed by atoms with Crippen LogP contribution in [0.2, 0.25) is 0 Å². The van der Waals surface area contributed by atoms with Crippen LogP contribution in [0, 0.1) is 0 Å². The molecular formula is C17H30N5O2P. The van der Waals surface area contributed by atoms with Gasteiger partial charge in [0, 0.05) is 10.3 Å². The van der Waals surface area contributed by atoms with E-state index in [2.05, 4.69) is 15.0 Å². The second-order valence-corrected chi connectivity index (χ2v) is 12.9. The molecule has 1 atom stereocenters. The molecule has 2 heterocycles. The number of hydrogen-bond acceptors (Lipinski definition) is 6. The van der Waals surface area contributed by atoms with Gasteiger partial charge in [0.2, 0.25) is 0 Å². The number of nitrogen functional groups attached to an aromatic ring is 1. The molecule has 0 saturated heterocycles. The zero-order valence-electron chi connectivity index (χ0n) is 16.3. The summed E-state index contributed by atoms with van der Waals surface area (Å²) in [7, 11) is -2.58. The number of hydrogen-bond donors (Lipinski definition) is 1. The van der Waals surface area contributed by atoms with Gasteiger partial charge in [0.25, 0.3) is 0 Å². The van der Waals surface area contributed by atoms with Gasteiger partial charge >= 0.3 is 0 Å². The number of anilines is 1. The minimum absolute atomic E-state index is 0.133. The van der Waals surface area contributed by atoms with E-state index in [0.717, 1.165) is 0 Å². The minimum Gasteiger partial charge on any atom is -0.382 e. The molecule has 0 aliphatic heterocycles. The molecule has 25 heavy (non-hydrogen) atoms. The Labute approximate surface area is 149 Å². The van der Waals surface area contributed by atoms with E-state index in [9.17, 15) is 4.57 Å². The van der Waals surface area contributed by atoms with Crippen molar-refractivity contribution in [1.82, 2.24) is 19.5 Å². The molecule has 2 rings (SSSR count). The van der Waals surface area contributed by atoms with Crippen molar-refractivity contribution in [3.05, 3.63) is 12.7 Å². The third-order valence-electron chi connectivity index (χ3n) is 4.59. The first kappa shape index (κ1) is 19.9. The van der Waals surface area contributed by atoms with E-state index in [4.69, 9.17) is 10.5 Å². The van der Waals surface area contributed by atoms with Crippen molar-refractivity contribution >= 4 is 24.1 Å². The summed E-state index contributed by atoms with van der Waals surface area (Å²) in [6.07, 6.45) is 3.23. The van der Waals surface area contributed by atoms with Crippen LogP contribution in [-0.4, -0.2) is 42.3 Å². The molecule has 0 amide bonds. The highest BCUT2D eigenvalue weighted by Gasteiger charge is 2.46. The molecule has 8 heteroatoms. The third kappa shape index (κ3) is 3.87. The quantitative estimate of drug-likeness (QED) is 0.809. The van der Waals surface area contributed by atoms with Crippen molar-refractivity contribution in [2.45, 2.75) is 71.4 Å². The molecule has 0 spiro atoms. The Morgan fingerprint density at radius 3 is 2.32 bits per heavy atom. The van der Waals surface area contributed by atoms with Crippen molar-refractivity contribution in [2.24, 2.45) is 0 Å². The molecule has 0 unspecified atom stereocenters. The van der Waals surface area contributed by atoms with Crippen LogP contribution in [-0.2, 0) is 15.8 Å². The van der Waals surface area contributed by atoms with Gasteiger partial charge in [0.05, 0.1) is 19.0 Å². The zero-order chi connectivity index (χ0) is 19.0. The van der Waals surface area contributed by atoms with Gasteiger partial charge in [-0.1, -0.05) is 41.5 Å². The molecule has 0 bridgehead atoms. The number of nitrogens with two attached hydrogens (primary N) is 1. The lowest BCUT2D eigenvalue weighted by molar-refractivity contribution is 0.0845. The van der Waals surface area contributed by atoms with Crippen LogP contribution in [0.3, 0.4) is 0 Å². The van der Waals surface area contributed by atoms with Crippen LogP contribution in [0.4, 0.5) is 5.82 Å². The number of imidazole rings is 1. The molecule has 0 fully saturated rings. The normalized spacial score (nSPS) is 14.8. The molecule has 0 radical (unpaired) electrons. The Morgan fingerprint density at radius 1 is 1.16 bits per heavy atom. The Hall–Kier alpha value is -1.46. The summed E-state index contributed by atoms with van der Waals surface area (Å²) >= 11 is 0. The number of ether oxygens (including phenoxy) is 1. The van der Waals surface area contributed by atoms with Gasteiger partial charge in [-0.2, -0.15) is 0 Å². The summed E-state index contributed by atoms with van der Waals surface area (Å²) < 4.78 is 21.6. The van der Waals surface area contributed by atoms with E-state index in [1.165, 1.54) is 6.33 Å². The van der Waals surface area contributed by atoms with Crippen LogP contribution >= 0.6 is 7.14 Å². The summed E-state index contributed by atoms with van der Waals surface area (Å²) in [6, 6.07) is 0. The standard InChI is InChI=1S/C17H30N5O2P/c1-12(24-11-25(23,16(2,3)4)17(5,6)7)8-22-10-21-13-14(18)19-9-20-15(13)22/h9-10,12H,8,11H2,1-7H3,(H2,18,19,20)/t12-/m1/s1. The Kier molecular flexibility index (Phi) is 5.31. The zero-order valence-corrected chi connectivity index (χ0v) is 17.2. The molecule has 0 aliphatic carbocycles. The van der Waals surface area contributed by atoms with E-state index in [1.54, 1.807) is 6.33 Å². The highest BCUT2D eigenvalue weighted by atomic mass is 31.2. The van der Waals surface area contributed by atoms with Gasteiger partial charge in [-0.15, -0.1) is 0 Å². The second-order valence-electron chi connectivity index (χ2n) is 8.52. The first-order chi connectivity index (χ1) is 11.4. The highest BCUT2D eigenvalue weighted by Crippen LogP contribution is 2.66. The van der Waals surface area contributed by atoms with Gasteiger partial charge < -0.3 is 19.6 Å². The van der Waals surface area contributed by atoms with Crippen molar-refractivity contribution in [2.75, 3.05) is 12.1 Å². The molecule has 2 N–H and O–H groups in total. The average Bonchev–Trinajstić information content (AvgIpc) is 2.87. The predicted molar refractivity (Wildman–Crippen MR) is 102 cm³/mol. The summed E-state index contributed by atoms with van der Waals surface area (Å²) in [5.74, 6) is 0.363. The van der Waals surface area contributed by atoms with Gasteiger partial charge in [0.15, 0.2) is 11.5 Å². The van der Waals surface area contributed by atoms with Gasteiger partial charge in [-0.05, 0) is 6.92 Å². The maximum atomic E-state index is 13.6. The van der Waals surface area contributed by atoms with E-state index in [-0.39, 0.29) is 22.8 Å². The van der Waals surface area contributed by atoms with Crippen molar-refractivity contribution in [3.8, 4) is 0 Å². The topological polar surface area (TPSA) is 95.9 Å². The van der Waals surface area contributed by atoms with E-state index in [0.29, 0.717) is 23.5 Å². The van der Waals surface area contributed by atoms with Crippen LogP contribution in [0.5, 0.6) is 0 Å². The van der Waals surface area contributed by atoms with E-state index < -0.39 is 7.14 Å². The average molecular weight is 367 g/mol. The molecule has 140 valence electrons. The number of nitrogens with zero attached hydrogens (tertiary/aromatic N) is 4. The number of fused-ring (bicyclic) bond motifs is 1. The van der Waals surface area contributed by atoms with Crippen molar-refractivity contribution in [3.63, 3.8) is 0 Å². The number of aromatic nitrogens is 4. The SMILES string of the molecule is C[C@H](Cn1cnc2c(N)ncnc21)OCP(=O)(C(C)(C)C)C(C)(C)C. The summed E-state index contributed by atoms with van der Waals surface area (Å²) in [6.45, 7) is 14.7. The Morgan fingerprint density at radius 2 is 1.76 bits per heavy atom. The van der Waals surface area contributed by atoms with Gasteiger partial charge in [-0.25, -0.2) is 15.0 Å². The Balaban J connectivity index is 2.13. The smallest absolute Gasteiger partial charge is 0.165 e. The minimum atomic E-state index is -2.58. The lowest BCUT2D eigenvalue weighted by Crippen LogP contribution is -2.32. The lowest BCUT2D eigenvalue weighted by Gasteiger charge is -2.41. The van der Waals surface area contributed by atoms with Crippen molar-refractivity contribution < 1.29 is 9.30 Å². The van der Waals surface area contributed by atoms with E-state index >= 15 is 0 Å². The van der Waals surface area contributed by atoms with Gasteiger partial charge in [0.1, 0.15) is 25.3 Å².